The van der Waals surface area contributed by atoms with Crippen LogP contribution in [0.15, 0.2) is 30.3 Å². The maximum absolute atomic E-state index is 12.3. The number of ether oxygens (including phenoxy) is 1. The Morgan fingerprint density at radius 3 is 2.33 bits per heavy atom. The Bertz CT molecular complexity index is 460. The molecule has 0 aliphatic rings. The van der Waals surface area contributed by atoms with Gasteiger partial charge in [-0.3, -0.25) is 4.79 Å². The molecule has 0 radical (unpaired) electrons. The van der Waals surface area contributed by atoms with Gasteiger partial charge in [0, 0.05) is 6.54 Å². The largest absolute Gasteiger partial charge is 0.467 e. The van der Waals surface area contributed by atoms with Gasteiger partial charge in [-0.2, -0.15) is 0 Å². The number of carbonyl (C=O) groups is 2. The van der Waals surface area contributed by atoms with E-state index in [1.54, 1.807) is 12.1 Å². The zero-order chi connectivity index (χ0) is 15.8. The molecule has 0 fully saturated rings. The Kier molecular flexibility index (Phi) is 6.88. The van der Waals surface area contributed by atoms with Crippen LogP contribution >= 0.6 is 0 Å². The minimum Gasteiger partial charge on any atom is -0.467 e. The van der Waals surface area contributed by atoms with Gasteiger partial charge < -0.3 is 15.8 Å². The molecule has 2 atom stereocenters. The lowest BCUT2D eigenvalue weighted by atomic mass is 9.95. The average Bonchev–Trinajstić information content (AvgIpc) is 2.49. The Labute approximate surface area is 125 Å². The smallest absolute Gasteiger partial charge is 0.333 e. The molecule has 0 saturated heterocycles. The summed E-state index contributed by atoms with van der Waals surface area (Å²) in [4.78, 5) is 24.2. The van der Waals surface area contributed by atoms with E-state index in [-0.39, 0.29) is 18.4 Å². The van der Waals surface area contributed by atoms with E-state index in [2.05, 4.69) is 5.32 Å². The van der Waals surface area contributed by atoms with Crippen molar-refractivity contribution in [2.75, 3.05) is 13.7 Å². The first-order valence-electron chi connectivity index (χ1n) is 7.12. The predicted octanol–water partition coefficient (Wildman–Crippen LogP) is 1.64. The summed E-state index contributed by atoms with van der Waals surface area (Å²) in [5.74, 6) is -0.654. The Hall–Kier alpha value is -1.88. The SMILES string of the molecule is COC(=O)C(NC(=O)C(CN)CC(C)C)c1ccccc1. The molecule has 0 aliphatic carbocycles. The minimum absolute atomic E-state index is 0.217. The summed E-state index contributed by atoms with van der Waals surface area (Å²) in [6.45, 7) is 4.32. The molecule has 5 nitrogen and oxygen atoms in total. The summed E-state index contributed by atoms with van der Waals surface area (Å²) in [7, 11) is 1.30. The van der Waals surface area contributed by atoms with E-state index in [4.69, 9.17) is 10.5 Å². The van der Waals surface area contributed by atoms with Crippen LogP contribution in [0.4, 0.5) is 0 Å². The van der Waals surface area contributed by atoms with Gasteiger partial charge in [0.1, 0.15) is 0 Å². The first-order chi connectivity index (χ1) is 9.99. The van der Waals surface area contributed by atoms with Gasteiger partial charge >= 0.3 is 5.97 Å². The summed E-state index contributed by atoms with van der Waals surface area (Å²) in [5, 5.41) is 2.75. The number of esters is 1. The Morgan fingerprint density at radius 1 is 1.24 bits per heavy atom. The quantitative estimate of drug-likeness (QED) is 0.749. The van der Waals surface area contributed by atoms with Gasteiger partial charge in [0.2, 0.25) is 5.91 Å². The maximum atomic E-state index is 12.3. The second-order valence-corrected chi connectivity index (χ2v) is 5.44. The van der Waals surface area contributed by atoms with Crippen LogP contribution in [-0.2, 0) is 14.3 Å². The van der Waals surface area contributed by atoms with E-state index in [1.165, 1.54) is 7.11 Å². The van der Waals surface area contributed by atoms with Gasteiger partial charge in [0.15, 0.2) is 6.04 Å². The number of hydrogen-bond donors (Lipinski definition) is 2. The molecule has 5 heteroatoms. The molecule has 116 valence electrons. The van der Waals surface area contributed by atoms with Crippen LogP contribution < -0.4 is 11.1 Å². The van der Waals surface area contributed by atoms with Crippen LogP contribution in [0.1, 0.15) is 31.9 Å². The zero-order valence-corrected chi connectivity index (χ0v) is 12.8. The number of nitrogens with one attached hydrogen (secondary N) is 1. The van der Waals surface area contributed by atoms with Crippen LogP contribution in [0.2, 0.25) is 0 Å². The van der Waals surface area contributed by atoms with E-state index in [1.807, 2.05) is 32.0 Å². The summed E-state index contributed by atoms with van der Waals surface area (Å²) < 4.78 is 4.78. The van der Waals surface area contributed by atoms with Crippen molar-refractivity contribution in [2.45, 2.75) is 26.3 Å². The molecule has 0 saturated carbocycles. The van der Waals surface area contributed by atoms with Gasteiger partial charge in [-0.05, 0) is 17.9 Å². The third-order valence-corrected chi connectivity index (χ3v) is 3.27. The zero-order valence-electron chi connectivity index (χ0n) is 12.8. The number of amides is 1. The molecule has 21 heavy (non-hydrogen) atoms. The highest BCUT2D eigenvalue weighted by atomic mass is 16.5. The van der Waals surface area contributed by atoms with E-state index in [0.29, 0.717) is 17.9 Å². The van der Waals surface area contributed by atoms with Crippen molar-refractivity contribution in [2.24, 2.45) is 17.6 Å². The lowest BCUT2D eigenvalue weighted by molar-refractivity contribution is -0.145. The lowest BCUT2D eigenvalue weighted by Gasteiger charge is -2.21. The summed E-state index contributed by atoms with van der Waals surface area (Å²) in [6.07, 6.45) is 0.686. The standard InChI is InChI=1S/C16H24N2O3/c1-11(2)9-13(10-17)15(19)18-14(16(20)21-3)12-7-5-4-6-8-12/h4-8,11,13-14H,9-10,17H2,1-3H3,(H,18,19). The van der Waals surface area contributed by atoms with Gasteiger partial charge in [0.25, 0.3) is 0 Å². The molecule has 3 N–H and O–H groups in total. The van der Waals surface area contributed by atoms with E-state index in [0.717, 1.165) is 0 Å². The van der Waals surface area contributed by atoms with Gasteiger partial charge in [-0.1, -0.05) is 44.2 Å². The number of methoxy groups -OCH3 is 1. The molecule has 1 rings (SSSR count). The number of hydrogen-bond acceptors (Lipinski definition) is 4. The fourth-order valence-electron chi connectivity index (χ4n) is 2.18. The average molecular weight is 292 g/mol. The fraction of sp³-hybridized carbons (Fsp3) is 0.500. The predicted molar refractivity (Wildman–Crippen MR) is 81.3 cm³/mol. The van der Waals surface area contributed by atoms with Crippen LogP contribution in [0.3, 0.4) is 0 Å². The molecule has 0 heterocycles. The van der Waals surface area contributed by atoms with Crippen molar-refractivity contribution < 1.29 is 14.3 Å². The monoisotopic (exact) mass is 292 g/mol. The van der Waals surface area contributed by atoms with Crippen molar-refractivity contribution in [1.29, 1.82) is 0 Å². The van der Waals surface area contributed by atoms with E-state index >= 15 is 0 Å². The third kappa shape index (κ3) is 5.19. The van der Waals surface area contributed by atoms with Crippen LogP contribution in [0.25, 0.3) is 0 Å². The summed E-state index contributed by atoms with van der Waals surface area (Å²) in [6, 6.07) is 8.23. The first-order valence-corrected chi connectivity index (χ1v) is 7.12. The van der Waals surface area contributed by atoms with Crippen LogP contribution in [-0.4, -0.2) is 25.5 Å². The maximum Gasteiger partial charge on any atom is 0.333 e. The Morgan fingerprint density at radius 2 is 1.86 bits per heavy atom. The molecule has 0 aliphatic heterocycles. The molecular weight excluding hydrogens is 268 g/mol. The van der Waals surface area contributed by atoms with Crippen molar-refractivity contribution >= 4 is 11.9 Å². The molecule has 0 spiro atoms. The summed E-state index contributed by atoms with van der Waals surface area (Å²) >= 11 is 0. The molecule has 1 aromatic rings. The second-order valence-electron chi connectivity index (χ2n) is 5.44. The molecule has 1 amide bonds. The number of nitrogens with two attached hydrogens (primary N) is 1. The molecule has 1 aromatic carbocycles. The van der Waals surface area contributed by atoms with E-state index in [9.17, 15) is 9.59 Å². The van der Waals surface area contributed by atoms with E-state index < -0.39 is 12.0 Å². The van der Waals surface area contributed by atoms with Crippen molar-refractivity contribution in [3.8, 4) is 0 Å². The van der Waals surface area contributed by atoms with Crippen molar-refractivity contribution in [3.63, 3.8) is 0 Å². The van der Waals surface area contributed by atoms with Crippen molar-refractivity contribution in [3.05, 3.63) is 35.9 Å². The number of benzene rings is 1. The van der Waals surface area contributed by atoms with Gasteiger partial charge in [-0.15, -0.1) is 0 Å². The highest BCUT2D eigenvalue weighted by Crippen LogP contribution is 2.17. The van der Waals surface area contributed by atoms with Crippen LogP contribution in [0, 0.1) is 11.8 Å². The normalized spacial score (nSPS) is 13.6. The highest BCUT2D eigenvalue weighted by Gasteiger charge is 2.27. The minimum atomic E-state index is -0.801. The second kappa shape index (κ2) is 8.42. The van der Waals surface area contributed by atoms with Gasteiger partial charge in [0.05, 0.1) is 13.0 Å². The first kappa shape index (κ1) is 17.2. The molecule has 2 unspecified atom stereocenters. The fourth-order valence-corrected chi connectivity index (χ4v) is 2.18. The topological polar surface area (TPSA) is 81.4 Å². The molecule has 0 aromatic heterocycles. The number of rotatable bonds is 7. The molecule has 0 bridgehead atoms. The molecular formula is C16H24N2O3. The lowest BCUT2D eigenvalue weighted by Crippen LogP contribution is -2.41. The third-order valence-electron chi connectivity index (χ3n) is 3.27. The Balaban J connectivity index is 2.86. The highest BCUT2D eigenvalue weighted by molar-refractivity contribution is 5.86. The van der Waals surface area contributed by atoms with Crippen molar-refractivity contribution in [1.82, 2.24) is 5.32 Å². The van der Waals surface area contributed by atoms with Gasteiger partial charge in [-0.25, -0.2) is 4.79 Å². The summed E-state index contributed by atoms with van der Waals surface area (Å²) in [5.41, 5.74) is 6.36. The van der Waals surface area contributed by atoms with Crippen LogP contribution in [0.5, 0.6) is 0 Å². The number of carbonyl (C=O) groups excluding carboxylic acids is 2.